The van der Waals surface area contributed by atoms with Gasteiger partial charge in [-0.3, -0.25) is 4.79 Å². The van der Waals surface area contributed by atoms with E-state index >= 15 is 0 Å². The first kappa shape index (κ1) is 11.5. The predicted molar refractivity (Wildman–Crippen MR) is 63.2 cm³/mol. The number of para-hydroxylation sites is 1. The molecule has 90 valence electrons. The van der Waals surface area contributed by atoms with E-state index in [-0.39, 0.29) is 6.47 Å². The molecule has 3 rings (SSSR count). The van der Waals surface area contributed by atoms with E-state index in [9.17, 15) is 0 Å². The summed E-state index contributed by atoms with van der Waals surface area (Å²) in [5, 5.41) is 8.00. The molecular formula is C13H14O4. The van der Waals surface area contributed by atoms with Crippen LogP contribution in [0, 0.1) is 0 Å². The van der Waals surface area contributed by atoms with E-state index in [4.69, 9.17) is 19.1 Å². The van der Waals surface area contributed by atoms with Crippen molar-refractivity contribution in [3.63, 3.8) is 0 Å². The van der Waals surface area contributed by atoms with Crippen LogP contribution >= 0.6 is 0 Å². The van der Waals surface area contributed by atoms with E-state index in [0.29, 0.717) is 6.10 Å². The predicted octanol–water partition coefficient (Wildman–Crippen LogP) is 3.06. The molecule has 2 aromatic rings. The molecular weight excluding hydrogens is 220 g/mol. The maximum atomic E-state index is 8.36. The molecule has 0 saturated heterocycles. The van der Waals surface area contributed by atoms with Crippen molar-refractivity contribution < 1.29 is 19.1 Å². The van der Waals surface area contributed by atoms with Gasteiger partial charge in [0.15, 0.2) is 11.3 Å². The van der Waals surface area contributed by atoms with E-state index in [2.05, 4.69) is 0 Å². The number of furan rings is 1. The number of benzene rings is 1. The van der Waals surface area contributed by atoms with Crippen LogP contribution in [0.1, 0.15) is 19.3 Å². The van der Waals surface area contributed by atoms with Gasteiger partial charge in [0, 0.05) is 5.39 Å². The van der Waals surface area contributed by atoms with Crippen molar-refractivity contribution in [1.82, 2.24) is 0 Å². The van der Waals surface area contributed by atoms with Crippen LogP contribution in [0.25, 0.3) is 11.0 Å². The molecule has 1 N–H and O–H groups in total. The van der Waals surface area contributed by atoms with E-state index in [1.165, 1.54) is 19.3 Å². The average molecular weight is 234 g/mol. The van der Waals surface area contributed by atoms with E-state index in [1.807, 2.05) is 24.3 Å². The Morgan fingerprint density at radius 1 is 1.35 bits per heavy atom. The van der Waals surface area contributed by atoms with Gasteiger partial charge in [0.1, 0.15) is 0 Å². The zero-order valence-corrected chi connectivity index (χ0v) is 9.33. The van der Waals surface area contributed by atoms with Crippen molar-refractivity contribution in [3.8, 4) is 5.75 Å². The fourth-order valence-corrected chi connectivity index (χ4v) is 1.73. The van der Waals surface area contributed by atoms with E-state index in [0.717, 1.165) is 16.7 Å². The molecule has 1 aromatic carbocycles. The molecule has 0 bridgehead atoms. The number of rotatable bonds is 2. The summed E-state index contributed by atoms with van der Waals surface area (Å²) < 4.78 is 11.2. The Labute approximate surface area is 98.8 Å². The van der Waals surface area contributed by atoms with Gasteiger partial charge < -0.3 is 14.3 Å². The maximum Gasteiger partial charge on any atom is 0.290 e. The fraction of sp³-hybridized carbons (Fsp3) is 0.308. The smallest absolute Gasteiger partial charge is 0.290 e. The SMILES string of the molecule is O=CO.c1cc(OC2CCC2)c2occc2c1. The van der Waals surface area contributed by atoms with Crippen LogP contribution in [0.4, 0.5) is 0 Å². The summed E-state index contributed by atoms with van der Waals surface area (Å²) in [4.78, 5) is 8.36. The van der Waals surface area contributed by atoms with Crippen molar-refractivity contribution >= 4 is 17.4 Å². The Hall–Kier alpha value is -1.97. The summed E-state index contributed by atoms with van der Waals surface area (Å²) in [7, 11) is 0. The third-order valence-electron chi connectivity index (χ3n) is 2.79. The molecule has 4 heteroatoms. The van der Waals surface area contributed by atoms with Crippen LogP contribution in [0.3, 0.4) is 0 Å². The molecule has 0 unspecified atom stereocenters. The second kappa shape index (κ2) is 5.39. The first-order valence-corrected chi connectivity index (χ1v) is 5.56. The molecule has 1 heterocycles. The van der Waals surface area contributed by atoms with Gasteiger partial charge in [-0.25, -0.2) is 0 Å². The molecule has 0 amide bonds. The molecule has 1 aliphatic carbocycles. The molecule has 0 spiro atoms. The summed E-state index contributed by atoms with van der Waals surface area (Å²) in [6.45, 7) is -0.250. The highest BCUT2D eigenvalue weighted by Gasteiger charge is 2.20. The summed E-state index contributed by atoms with van der Waals surface area (Å²) in [5.41, 5.74) is 0.874. The quantitative estimate of drug-likeness (QED) is 0.811. The number of carboxylic acid groups (broad SMARTS) is 1. The Morgan fingerprint density at radius 3 is 2.76 bits per heavy atom. The Morgan fingerprint density at radius 2 is 2.12 bits per heavy atom. The molecule has 1 aromatic heterocycles. The van der Waals surface area contributed by atoms with Gasteiger partial charge in [-0.2, -0.15) is 0 Å². The molecule has 0 atom stereocenters. The normalized spacial score (nSPS) is 14.6. The van der Waals surface area contributed by atoms with Crippen LogP contribution in [0.2, 0.25) is 0 Å². The molecule has 4 nitrogen and oxygen atoms in total. The number of fused-ring (bicyclic) bond motifs is 1. The summed E-state index contributed by atoms with van der Waals surface area (Å²) in [6.07, 6.45) is 5.76. The minimum atomic E-state index is -0.250. The number of ether oxygens (including phenoxy) is 1. The highest BCUT2D eigenvalue weighted by molar-refractivity contribution is 5.82. The topological polar surface area (TPSA) is 59.7 Å². The molecule has 1 saturated carbocycles. The summed E-state index contributed by atoms with van der Waals surface area (Å²) in [5.74, 6) is 0.886. The van der Waals surface area contributed by atoms with Gasteiger partial charge in [-0.1, -0.05) is 12.1 Å². The van der Waals surface area contributed by atoms with Gasteiger partial charge in [0.05, 0.1) is 12.4 Å². The van der Waals surface area contributed by atoms with Crippen molar-refractivity contribution in [1.29, 1.82) is 0 Å². The number of carbonyl (C=O) groups is 1. The van der Waals surface area contributed by atoms with Gasteiger partial charge in [-0.05, 0) is 31.4 Å². The molecule has 1 fully saturated rings. The Bertz CT molecular complexity index is 485. The lowest BCUT2D eigenvalue weighted by atomic mass is 9.96. The van der Waals surface area contributed by atoms with Crippen LogP contribution in [0.15, 0.2) is 34.9 Å². The van der Waals surface area contributed by atoms with Crippen molar-refractivity contribution in [2.24, 2.45) is 0 Å². The molecule has 0 aliphatic heterocycles. The Balaban J connectivity index is 0.000000329. The highest BCUT2D eigenvalue weighted by Crippen LogP contribution is 2.31. The second-order valence-electron chi connectivity index (χ2n) is 3.87. The largest absolute Gasteiger partial charge is 0.486 e. The average Bonchev–Trinajstić information content (AvgIpc) is 2.73. The van der Waals surface area contributed by atoms with Crippen LogP contribution in [-0.2, 0) is 4.79 Å². The number of hydrogen-bond acceptors (Lipinski definition) is 3. The third kappa shape index (κ3) is 2.58. The lowest BCUT2D eigenvalue weighted by Gasteiger charge is -2.26. The van der Waals surface area contributed by atoms with E-state index in [1.54, 1.807) is 6.26 Å². The molecule has 1 aliphatic rings. The minimum Gasteiger partial charge on any atom is -0.486 e. The first-order chi connectivity index (χ1) is 8.35. The standard InChI is InChI=1S/C12H12O2.CH2O2/c1-3-9-7-8-13-12(9)11(6-1)14-10-4-2-5-10;2-1-3/h1,3,6-8,10H,2,4-5H2;1H,(H,2,3). The highest BCUT2D eigenvalue weighted by atomic mass is 16.5. The van der Waals surface area contributed by atoms with Crippen LogP contribution in [0.5, 0.6) is 5.75 Å². The molecule has 0 radical (unpaired) electrons. The van der Waals surface area contributed by atoms with Crippen molar-refractivity contribution in [2.75, 3.05) is 0 Å². The van der Waals surface area contributed by atoms with Gasteiger partial charge in [-0.15, -0.1) is 0 Å². The first-order valence-electron chi connectivity index (χ1n) is 5.56. The third-order valence-corrected chi connectivity index (χ3v) is 2.79. The van der Waals surface area contributed by atoms with Gasteiger partial charge in [0.25, 0.3) is 6.47 Å². The van der Waals surface area contributed by atoms with E-state index < -0.39 is 0 Å². The zero-order valence-electron chi connectivity index (χ0n) is 9.33. The van der Waals surface area contributed by atoms with Crippen LogP contribution in [-0.4, -0.2) is 17.7 Å². The van der Waals surface area contributed by atoms with Gasteiger partial charge in [0.2, 0.25) is 0 Å². The zero-order chi connectivity index (χ0) is 12.1. The van der Waals surface area contributed by atoms with Gasteiger partial charge >= 0.3 is 0 Å². The summed E-state index contributed by atoms with van der Waals surface area (Å²) in [6, 6.07) is 7.98. The fourth-order valence-electron chi connectivity index (χ4n) is 1.73. The van der Waals surface area contributed by atoms with Crippen molar-refractivity contribution in [2.45, 2.75) is 25.4 Å². The molecule has 17 heavy (non-hydrogen) atoms. The minimum absolute atomic E-state index is 0.250. The summed E-state index contributed by atoms with van der Waals surface area (Å²) >= 11 is 0. The monoisotopic (exact) mass is 234 g/mol. The lowest BCUT2D eigenvalue weighted by Crippen LogP contribution is -2.24. The maximum absolute atomic E-state index is 8.36. The second-order valence-corrected chi connectivity index (χ2v) is 3.87. The van der Waals surface area contributed by atoms with Crippen LogP contribution < -0.4 is 4.74 Å². The van der Waals surface area contributed by atoms with Crippen molar-refractivity contribution in [3.05, 3.63) is 30.5 Å². The number of hydrogen-bond donors (Lipinski definition) is 1. The Kier molecular flexibility index (Phi) is 3.65. The lowest BCUT2D eigenvalue weighted by molar-refractivity contribution is -0.122.